The molecule has 1 fully saturated rings. The summed E-state index contributed by atoms with van der Waals surface area (Å²) in [7, 11) is 1.63. The Balaban J connectivity index is 2.18. The molecule has 0 aliphatic carbocycles. The van der Waals surface area contributed by atoms with Crippen molar-refractivity contribution in [1.29, 1.82) is 0 Å². The number of carboxylic acids is 1. The second-order valence-electron chi connectivity index (χ2n) is 4.56. The third-order valence-corrected chi connectivity index (χ3v) is 3.21. The van der Waals surface area contributed by atoms with Crippen molar-refractivity contribution in [2.24, 2.45) is 5.41 Å². The van der Waals surface area contributed by atoms with Crippen LogP contribution in [0.1, 0.15) is 11.1 Å². The predicted octanol–water partition coefficient (Wildman–Crippen LogP) is 1.65. The lowest BCUT2D eigenvalue weighted by molar-refractivity contribution is -0.179. The summed E-state index contributed by atoms with van der Waals surface area (Å²) in [4.78, 5) is 11.2. The Morgan fingerprint density at radius 2 is 2.24 bits per heavy atom. The van der Waals surface area contributed by atoms with Gasteiger partial charge in [-0.05, 0) is 30.5 Å². The van der Waals surface area contributed by atoms with Crippen molar-refractivity contribution in [1.82, 2.24) is 0 Å². The highest BCUT2D eigenvalue weighted by atomic mass is 16.5. The molecule has 1 aromatic rings. The van der Waals surface area contributed by atoms with Gasteiger partial charge in [-0.3, -0.25) is 4.79 Å². The first kappa shape index (κ1) is 11.9. The number of ether oxygens (including phenoxy) is 2. The quantitative estimate of drug-likeness (QED) is 0.863. The Labute approximate surface area is 100 Å². The van der Waals surface area contributed by atoms with Crippen molar-refractivity contribution in [2.75, 3.05) is 20.3 Å². The fourth-order valence-corrected chi connectivity index (χ4v) is 2.09. The summed E-state index contributed by atoms with van der Waals surface area (Å²) >= 11 is 0. The van der Waals surface area contributed by atoms with Crippen molar-refractivity contribution in [3.63, 3.8) is 0 Å². The van der Waals surface area contributed by atoms with Gasteiger partial charge < -0.3 is 14.6 Å². The molecule has 1 aromatic carbocycles. The van der Waals surface area contributed by atoms with Crippen LogP contribution in [0.15, 0.2) is 18.2 Å². The number of benzene rings is 1. The van der Waals surface area contributed by atoms with Crippen LogP contribution in [0.2, 0.25) is 0 Å². The first-order valence-electron chi connectivity index (χ1n) is 5.52. The van der Waals surface area contributed by atoms with E-state index in [4.69, 9.17) is 9.47 Å². The van der Waals surface area contributed by atoms with Gasteiger partial charge in [0.25, 0.3) is 0 Å². The Morgan fingerprint density at radius 3 is 2.65 bits per heavy atom. The fourth-order valence-electron chi connectivity index (χ4n) is 2.09. The van der Waals surface area contributed by atoms with E-state index in [1.54, 1.807) is 7.11 Å². The summed E-state index contributed by atoms with van der Waals surface area (Å²) < 4.78 is 10.2. The van der Waals surface area contributed by atoms with Gasteiger partial charge in [-0.15, -0.1) is 0 Å². The SMILES string of the molecule is COc1ccc(CC2(C(=O)O)COC2)cc1C. The molecule has 1 saturated heterocycles. The minimum atomic E-state index is -0.780. The lowest BCUT2D eigenvalue weighted by Crippen LogP contribution is -2.50. The lowest BCUT2D eigenvalue weighted by Gasteiger charge is -2.37. The minimum Gasteiger partial charge on any atom is -0.496 e. The van der Waals surface area contributed by atoms with Crippen molar-refractivity contribution in [3.05, 3.63) is 29.3 Å². The lowest BCUT2D eigenvalue weighted by atomic mass is 9.79. The van der Waals surface area contributed by atoms with Crippen LogP contribution in [0.4, 0.5) is 0 Å². The minimum absolute atomic E-state index is 0.299. The Bertz CT molecular complexity index is 435. The molecule has 0 bridgehead atoms. The Kier molecular flexibility index (Phi) is 3.07. The molecule has 4 heteroatoms. The van der Waals surface area contributed by atoms with E-state index in [1.165, 1.54) is 0 Å². The molecule has 0 amide bonds. The average molecular weight is 236 g/mol. The number of methoxy groups -OCH3 is 1. The van der Waals surface area contributed by atoms with Gasteiger partial charge >= 0.3 is 5.97 Å². The van der Waals surface area contributed by atoms with Gasteiger partial charge in [-0.2, -0.15) is 0 Å². The molecule has 0 spiro atoms. The summed E-state index contributed by atoms with van der Waals surface area (Å²) in [6.07, 6.45) is 0.507. The molecule has 1 N–H and O–H groups in total. The molecule has 2 rings (SSSR count). The highest BCUT2D eigenvalue weighted by Crippen LogP contribution is 2.33. The maximum atomic E-state index is 11.2. The molecule has 1 aliphatic rings. The van der Waals surface area contributed by atoms with Crippen molar-refractivity contribution in [3.8, 4) is 5.75 Å². The predicted molar refractivity (Wildman–Crippen MR) is 62.3 cm³/mol. The largest absolute Gasteiger partial charge is 0.496 e. The Hall–Kier alpha value is -1.55. The number of aryl methyl sites for hydroxylation is 1. The maximum Gasteiger partial charge on any atom is 0.314 e. The van der Waals surface area contributed by atoms with Crippen LogP contribution < -0.4 is 4.74 Å². The van der Waals surface area contributed by atoms with Crippen LogP contribution in [0.3, 0.4) is 0 Å². The van der Waals surface area contributed by atoms with Crippen LogP contribution in [-0.2, 0) is 16.0 Å². The third-order valence-electron chi connectivity index (χ3n) is 3.21. The molecule has 0 unspecified atom stereocenters. The zero-order valence-electron chi connectivity index (χ0n) is 10.0. The summed E-state index contributed by atoms with van der Waals surface area (Å²) in [5.41, 5.74) is 1.29. The molecule has 92 valence electrons. The summed E-state index contributed by atoms with van der Waals surface area (Å²) in [5.74, 6) is 0.0419. The van der Waals surface area contributed by atoms with Crippen molar-refractivity contribution >= 4 is 5.97 Å². The van der Waals surface area contributed by atoms with E-state index in [0.29, 0.717) is 19.6 Å². The zero-order valence-corrected chi connectivity index (χ0v) is 10.0. The van der Waals surface area contributed by atoms with Crippen molar-refractivity contribution < 1.29 is 19.4 Å². The fraction of sp³-hybridized carbons (Fsp3) is 0.462. The molecule has 17 heavy (non-hydrogen) atoms. The summed E-state index contributed by atoms with van der Waals surface area (Å²) in [6, 6.07) is 5.76. The van der Waals surface area contributed by atoms with E-state index < -0.39 is 11.4 Å². The van der Waals surface area contributed by atoms with E-state index >= 15 is 0 Å². The van der Waals surface area contributed by atoms with Crippen LogP contribution in [0.5, 0.6) is 5.75 Å². The van der Waals surface area contributed by atoms with Gasteiger partial charge in [0.2, 0.25) is 0 Å². The van der Waals surface area contributed by atoms with Crippen LogP contribution >= 0.6 is 0 Å². The summed E-state index contributed by atoms with van der Waals surface area (Å²) in [6.45, 7) is 2.55. The van der Waals surface area contributed by atoms with Gasteiger partial charge in [0.05, 0.1) is 20.3 Å². The molecule has 1 heterocycles. The number of hydrogen-bond donors (Lipinski definition) is 1. The van der Waals surface area contributed by atoms with Gasteiger partial charge in [-0.25, -0.2) is 0 Å². The number of carboxylic acid groups (broad SMARTS) is 1. The normalized spacial score (nSPS) is 17.3. The monoisotopic (exact) mass is 236 g/mol. The second-order valence-corrected chi connectivity index (χ2v) is 4.56. The van der Waals surface area contributed by atoms with Crippen LogP contribution in [-0.4, -0.2) is 31.4 Å². The highest BCUT2D eigenvalue weighted by molar-refractivity contribution is 5.76. The second kappa shape index (κ2) is 4.37. The Morgan fingerprint density at radius 1 is 1.53 bits per heavy atom. The zero-order chi connectivity index (χ0) is 12.5. The molecule has 0 saturated carbocycles. The van der Waals surface area contributed by atoms with E-state index in [1.807, 2.05) is 25.1 Å². The van der Waals surface area contributed by atoms with E-state index in [2.05, 4.69) is 0 Å². The highest BCUT2D eigenvalue weighted by Gasteiger charge is 2.46. The van der Waals surface area contributed by atoms with Crippen LogP contribution in [0, 0.1) is 12.3 Å². The first-order valence-corrected chi connectivity index (χ1v) is 5.52. The van der Waals surface area contributed by atoms with E-state index in [0.717, 1.165) is 16.9 Å². The van der Waals surface area contributed by atoms with Crippen molar-refractivity contribution in [2.45, 2.75) is 13.3 Å². The smallest absolute Gasteiger partial charge is 0.314 e. The number of hydrogen-bond acceptors (Lipinski definition) is 3. The molecule has 0 atom stereocenters. The van der Waals surface area contributed by atoms with Gasteiger partial charge in [0.1, 0.15) is 11.2 Å². The van der Waals surface area contributed by atoms with E-state index in [9.17, 15) is 9.90 Å². The number of rotatable bonds is 4. The van der Waals surface area contributed by atoms with Gasteiger partial charge in [0, 0.05) is 0 Å². The summed E-state index contributed by atoms with van der Waals surface area (Å²) in [5, 5.41) is 9.21. The molecule has 4 nitrogen and oxygen atoms in total. The number of carbonyl (C=O) groups is 1. The molecular weight excluding hydrogens is 220 g/mol. The van der Waals surface area contributed by atoms with Gasteiger partial charge in [-0.1, -0.05) is 12.1 Å². The molecule has 0 radical (unpaired) electrons. The molecule has 0 aromatic heterocycles. The maximum absolute atomic E-state index is 11.2. The standard InChI is InChI=1S/C13H16O4/c1-9-5-10(3-4-11(9)16-2)6-13(12(14)15)7-17-8-13/h3-5H,6-8H2,1-2H3,(H,14,15). The first-order chi connectivity index (χ1) is 8.07. The molecular formula is C13H16O4. The topological polar surface area (TPSA) is 55.8 Å². The average Bonchev–Trinajstić information content (AvgIpc) is 2.23. The number of aliphatic carboxylic acids is 1. The van der Waals surface area contributed by atoms with Gasteiger partial charge in [0.15, 0.2) is 0 Å². The van der Waals surface area contributed by atoms with Crippen LogP contribution in [0.25, 0.3) is 0 Å². The molecule has 1 aliphatic heterocycles. The van der Waals surface area contributed by atoms with E-state index in [-0.39, 0.29) is 0 Å². The third kappa shape index (κ3) is 2.13.